The number of amides is 1. The molecule has 1 N–H and O–H groups in total. The van der Waals surface area contributed by atoms with Gasteiger partial charge in [-0.05, 0) is 37.6 Å². The molecule has 1 unspecified atom stereocenters. The summed E-state index contributed by atoms with van der Waals surface area (Å²) in [6.07, 6.45) is 0.873. The van der Waals surface area contributed by atoms with Crippen molar-refractivity contribution in [3.8, 4) is 0 Å². The third-order valence-electron chi connectivity index (χ3n) is 5.05. The maximum absolute atomic E-state index is 13.0. The highest BCUT2D eigenvalue weighted by molar-refractivity contribution is 5.84. The van der Waals surface area contributed by atoms with Crippen LogP contribution in [0.5, 0.6) is 0 Å². The zero-order chi connectivity index (χ0) is 16.3. The summed E-state index contributed by atoms with van der Waals surface area (Å²) < 4.78 is 5.35. The van der Waals surface area contributed by atoms with Crippen molar-refractivity contribution in [2.45, 2.75) is 13.3 Å². The minimum Gasteiger partial charge on any atom is -0.384 e. The number of hydrogen-bond donors (Lipinski definition) is 1. The van der Waals surface area contributed by atoms with Crippen LogP contribution in [0.2, 0.25) is 0 Å². The van der Waals surface area contributed by atoms with E-state index < -0.39 is 0 Å². The minimum absolute atomic E-state index is 0.258. The molecular formula is C18H27N3O2. The summed E-state index contributed by atoms with van der Waals surface area (Å²) >= 11 is 0. The van der Waals surface area contributed by atoms with Crippen molar-refractivity contribution in [1.82, 2.24) is 10.2 Å². The number of aryl methyl sites for hydroxylation is 1. The molecule has 1 atom stereocenters. The summed E-state index contributed by atoms with van der Waals surface area (Å²) in [5.74, 6) is 0.258. The third-order valence-corrected chi connectivity index (χ3v) is 5.05. The van der Waals surface area contributed by atoms with E-state index in [2.05, 4.69) is 41.4 Å². The Kier molecular flexibility index (Phi) is 4.87. The normalized spacial score (nSPS) is 25.0. The topological polar surface area (TPSA) is 44.8 Å². The zero-order valence-electron chi connectivity index (χ0n) is 14.2. The van der Waals surface area contributed by atoms with Gasteiger partial charge in [0.2, 0.25) is 5.91 Å². The van der Waals surface area contributed by atoms with Gasteiger partial charge >= 0.3 is 0 Å². The number of piperazine rings is 1. The molecule has 2 fully saturated rings. The second-order valence-electron chi connectivity index (χ2n) is 6.76. The van der Waals surface area contributed by atoms with Gasteiger partial charge in [-0.3, -0.25) is 4.79 Å². The van der Waals surface area contributed by atoms with E-state index in [-0.39, 0.29) is 11.3 Å². The number of benzene rings is 1. The lowest BCUT2D eigenvalue weighted by molar-refractivity contribution is -0.144. The van der Waals surface area contributed by atoms with E-state index in [0.29, 0.717) is 6.61 Å². The molecule has 2 aliphatic heterocycles. The highest BCUT2D eigenvalue weighted by Gasteiger charge is 2.44. The van der Waals surface area contributed by atoms with Gasteiger partial charge in [-0.2, -0.15) is 0 Å². The average Bonchev–Trinajstić information content (AvgIpc) is 3.04. The van der Waals surface area contributed by atoms with Crippen LogP contribution in [-0.2, 0) is 9.53 Å². The number of carbonyl (C=O) groups excluding carboxylic acids is 1. The predicted octanol–water partition coefficient (Wildman–Crippen LogP) is 1.27. The van der Waals surface area contributed by atoms with Crippen molar-refractivity contribution in [2.75, 3.05) is 57.9 Å². The summed E-state index contributed by atoms with van der Waals surface area (Å²) in [6, 6.07) is 8.58. The lowest BCUT2D eigenvalue weighted by atomic mass is 9.86. The SMILES string of the molecule is COCC1(C(=O)N2CCN(c3cccc(C)c3)CC2)CCNC1. The molecule has 1 aromatic rings. The Balaban J connectivity index is 1.63. The number of rotatable bonds is 4. The monoisotopic (exact) mass is 317 g/mol. The Hall–Kier alpha value is -1.59. The first-order valence-electron chi connectivity index (χ1n) is 8.45. The van der Waals surface area contributed by atoms with E-state index in [4.69, 9.17) is 4.74 Å². The Morgan fingerprint density at radius 3 is 2.70 bits per heavy atom. The first-order chi connectivity index (χ1) is 11.1. The number of nitrogens with zero attached hydrogens (tertiary/aromatic N) is 2. The lowest BCUT2D eigenvalue weighted by Crippen LogP contribution is -2.55. The molecule has 1 aromatic carbocycles. The van der Waals surface area contributed by atoms with Crippen molar-refractivity contribution in [1.29, 1.82) is 0 Å². The van der Waals surface area contributed by atoms with Crippen molar-refractivity contribution < 1.29 is 9.53 Å². The molecule has 2 aliphatic rings. The first kappa shape index (κ1) is 16.3. The fourth-order valence-electron chi connectivity index (χ4n) is 3.72. The number of hydrogen-bond acceptors (Lipinski definition) is 4. The number of anilines is 1. The third kappa shape index (κ3) is 3.35. The number of methoxy groups -OCH3 is 1. The number of nitrogens with one attached hydrogen (secondary N) is 1. The molecule has 0 bridgehead atoms. The second kappa shape index (κ2) is 6.89. The van der Waals surface area contributed by atoms with Gasteiger partial charge < -0.3 is 19.9 Å². The highest BCUT2D eigenvalue weighted by atomic mass is 16.5. The fraction of sp³-hybridized carbons (Fsp3) is 0.611. The van der Waals surface area contributed by atoms with Gasteiger partial charge in [0.1, 0.15) is 0 Å². The Labute approximate surface area is 138 Å². The van der Waals surface area contributed by atoms with Crippen LogP contribution >= 0.6 is 0 Å². The lowest BCUT2D eigenvalue weighted by Gasteiger charge is -2.40. The van der Waals surface area contributed by atoms with Crippen LogP contribution in [0.3, 0.4) is 0 Å². The van der Waals surface area contributed by atoms with Crippen molar-refractivity contribution in [3.63, 3.8) is 0 Å². The summed E-state index contributed by atoms with van der Waals surface area (Å²) in [5.41, 5.74) is 2.17. The van der Waals surface area contributed by atoms with Gasteiger partial charge in [-0.25, -0.2) is 0 Å². The number of carbonyl (C=O) groups is 1. The molecule has 0 radical (unpaired) electrons. The van der Waals surface area contributed by atoms with E-state index >= 15 is 0 Å². The van der Waals surface area contributed by atoms with E-state index in [1.807, 2.05) is 4.90 Å². The quantitative estimate of drug-likeness (QED) is 0.908. The van der Waals surface area contributed by atoms with Gasteiger partial charge in [0.25, 0.3) is 0 Å². The van der Waals surface area contributed by atoms with Gasteiger partial charge in [0, 0.05) is 45.5 Å². The first-order valence-corrected chi connectivity index (χ1v) is 8.45. The van der Waals surface area contributed by atoms with Gasteiger partial charge in [-0.1, -0.05) is 12.1 Å². The summed E-state index contributed by atoms with van der Waals surface area (Å²) in [5, 5.41) is 3.32. The van der Waals surface area contributed by atoms with Crippen LogP contribution in [-0.4, -0.2) is 63.8 Å². The average molecular weight is 317 g/mol. The second-order valence-corrected chi connectivity index (χ2v) is 6.76. The molecule has 5 nitrogen and oxygen atoms in total. The van der Waals surface area contributed by atoms with E-state index in [0.717, 1.165) is 45.7 Å². The zero-order valence-corrected chi connectivity index (χ0v) is 14.2. The van der Waals surface area contributed by atoms with Crippen LogP contribution in [0, 0.1) is 12.3 Å². The van der Waals surface area contributed by atoms with E-state index in [1.54, 1.807) is 7.11 Å². The van der Waals surface area contributed by atoms with E-state index in [9.17, 15) is 4.79 Å². The van der Waals surface area contributed by atoms with E-state index in [1.165, 1.54) is 11.3 Å². The standard InChI is InChI=1S/C18H27N3O2/c1-15-4-3-5-16(12-15)20-8-10-21(11-9-20)17(22)18(14-23-2)6-7-19-13-18/h3-5,12,19H,6-11,13-14H2,1-2H3. The van der Waals surface area contributed by atoms with Crippen LogP contribution in [0.25, 0.3) is 0 Å². The van der Waals surface area contributed by atoms with Crippen LogP contribution in [0.15, 0.2) is 24.3 Å². The maximum Gasteiger partial charge on any atom is 0.232 e. The molecule has 0 saturated carbocycles. The van der Waals surface area contributed by atoms with Gasteiger partial charge in [-0.15, -0.1) is 0 Å². The highest BCUT2D eigenvalue weighted by Crippen LogP contribution is 2.29. The van der Waals surface area contributed by atoms with Gasteiger partial charge in [0.15, 0.2) is 0 Å². The summed E-state index contributed by atoms with van der Waals surface area (Å²) in [6.45, 7) is 7.63. The molecule has 126 valence electrons. The molecular weight excluding hydrogens is 290 g/mol. The maximum atomic E-state index is 13.0. The molecule has 2 heterocycles. The Morgan fingerprint density at radius 1 is 1.30 bits per heavy atom. The molecule has 0 aliphatic carbocycles. The summed E-state index contributed by atoms with van der Waals surface area (Å²) in [7, 11) is 1.68. The van der Waals surface area contributed by atoms with Crippen molar-refractivity contribution in [3.05, 3.63) is 29.8 Å². The number of ether oxygens (including phenoxy) is 1. The fourth-order valence-corrected chi connectivity index (χ4v) is 3.72. The largest absolute Gasteiger partial charge is 0.384 e. The molecule has 0 aromatic heterocycles. The van der Waals surface area contributed by atoms with Crippen molar-refractivity contribution >= 4 is 11.6 Å². The molecule has 1 amide bonds. The molecule has 3 rings (SSSR count). The Bertz CT molecular complexity index is 547. The predicted molar refractivity (Wildman–Crippen MR) is 91.8 cm³/mol. The van der Waals surface area contributed by atoms with Crippen LogP contribution < -0.4 is 10.2 Å². The smallest absolute Gasteiger partial charge is 0.232 e. The minimum atomic E-state index is -0.361. The Morgan fingerprint density at radius 2 is 2.09 bits per heavy atom. The molecule has 0 spiro atoms. The summed E-state index contributed by atoms with van der Waals surface area (Å²) in [4.78, 5) is 17.4. The van der Waals surface area contributed by atoms with Gasteiger partial charge in [0.05, 0.1) is 12.0 Å². The molecule has 5 heteroatoms. The van der Waals surface area contributed by atoms with Crippen molar-refractivity contribution in [2.24, 2.45) is 5.41 Å². The van der Waals surface area contributed by atoms with Crippen LogP contribution in [0.1, 0.15) is 12.0 Å². The van der Waals surface area contributed by atoms with Crippen LogP contribution in [0.4, 0.5) is 5.69 Å². The molecule has 23 heavy (non-hydrogen) atoms. The molecule has 2 saturated heterocycles.